The maximum Gasteiger partial charge on any atom is 0.284 e. The SMILES string of the molecule is Cc1cc(C(=O)N2CCC(F)(F)[C@](O)(CO)c3cc(Cl)ccc32)ccc1NC(=O)c1ccc(F)cc1Cl. The zero-order chi connectivity index (χ0) is 27.1. The standard InChI is InChI=1S/C26H21Cl2F3N2O4/c1-14-10-15(2-6-21(14)32-23(35)18-5-4-17(29)12-20(18)28)24(36)33-9-8-26(30,31)25(37,13-34)19-11-16(27)3-7-22(19)33/h2-7,10-12,34,37H,8-9,13H2,1H3,(H,32,35)/t25-/m0/s1. The van der Waals surface area contributed by atoms with Crippen molar-refractivity contribution < 1.29 is 33.0 Å². The number of carbonyl (C=O) groups is 2. The van der Waals surface area contributed by atoms with Crippen LogP contribution in [0.25, 0.3) is 0 Å². The molecular formula is C26H21Cl2F3N2O4. The molecule has 2 amide bonds. The van der Waals surface area contributed by atoms with Crippen molar-refractivity contribution in [1.29, 1.82) is 0 Å². The molecule has 0 aromatic heterocycles. The number of halogens is 5. The summed E-state index contributed by atoms with van der Waals surface area (Å²) in [7, 11) is 0. The van der Waals surface area contributed by atoms with E-state index < -0.39 is 48.7 Å². The zero-order valence-corrected chi connectivity index (χ0v) is 20.9. The van der Waals surface area contributed by atoms with E-state index in [-0.39, 0.29) is 32.4 Å². The maximum absolute atomic E-state index is 14.9. The normalized spacial score (nSPS) is 18.6. The van der Waals surface area contributed by atoms with Crippen molar-refractivity contribution in [3.05, 3.63) is 92.7 Å². The molecule has 0 bridgehead atoms. The van der Waals surface area contributed by atoms with Crippen molar-refractivity contribution in [3.8, 4) is 0 Å². The molecule has 0 fully saturated rings. The second-order valence-electron chi connectivity index (χ2n) is 8.70. The van der Waals surface area contributed by atoms with E-state index >= 15 is 0 Å². The Balaban J connectivity index is 1.66. The van der Waals surface area contributed by atoms with Crippen LogP contribution in [-0.2, 0) is 5.60 Å². The van der Waals surface area contributed by atoms with E-state index in [1.54, 1.807) is 6.92 Å². The third kappa shape index (κ3) is 4.92. The molecule has 11 heteroatoms. The van der Waals surface area contributed by atoms with Crippen LogP contribution in [0, 0.1) is 12.7 Å². The van der Waals surface area contributed by atoms with E-state index in [1.807, 2.05) is 0 Å². The van der Waals surface area contributed by atoms with Gasteiger partial charge in [0.15, 0.2) is 5.60 Å². The summed E-state index contributed by atoms with van der Waals surface area (Å²) in [6.45, 7) is -0.0855. The van der Waals surface area contributed by atoms with Crippen molar-refractivity contribution in [3.63, 3.8) is 0 Å². The highest BCUT2D eigenvalue weighted by atomic mass is 35.5. The zero-order valence-electron chi connectivity index (χ0n) is 19.4. The van der Waals surface area contributed by atoms with Crippen LogP contribution < -0.4 is 10.2 Å². The van der Waals surface area contributed by atoms with Crippen LogP contribution in [0.1, 0.15) is 38.3 Å². The van der Waals surface area contributed by atoms with Gasteiger partial charge in [-0.3, -0.25) is 9.59 Å². The minimum absolute atomic E-state index is 0.0101. The number of anilines is 2. The Bertz CT molecular complexity index is 1400. The molecule has 0 unspecified atom stereocenters. The van der Waals surface area contributed by atoms with Gasteiger partial charge in [-0.05, 0) is 67.1 Å². The van der Waals surface area contributed by atoms with Gasteiger partial charge in [-0.2, -0.15) is 0 Å². The van der Waals surface area contributed by atoms with Crippen molar-refractivity contribution in [2.75, 3.05) is 23.4 Å². The average molecular weight is 553 g/mol. The Morgan fingerprint density at radius 2 is 1.81 bits per heavy atom. The molecule has 4 rings (SSSR count). The molecule has 1 aliphatic rings. The predicted molar refractivity (Wildman–Crippen MR) is 134 cm³/mol. The van der Waals surface area contributed by atoms with Crippen LogP contribution in [0.2, 0.25) is 10.0 Å². The summed E-state index contributed by atoms with van der Waals surface area (Å²) in [5.41, 5.74) is -2.28. The first-order chi connectivity index (χ1) is 17.4. The number of benzene rings is 3. The van der Waals surface area contributed by atoms with Crippen LogP contribution >= 0.6 is 23.2 Å². The number of aryl methyl sites for hydroxylation is 1. The highest BCUT2D eigenvalue weighted by molar-refractivity contribution is 6.34. The number of nitrogens with one attached hydrogen (secondary N) is 1. The summed E-state index contributed by atoms with van der Waals surface area (Å²) < 4.78 is 43.2. The van der Waals surface area contributed by atoms with Crippen molar-refractivity contribution in [1.82, 2.24) is 0 Å². The van der Waals surface area contributed by atoms with Crippen molar-refractivity contribution >= 4 is 46.4 Å². The number of amides is 2. The van der Waals surface area contributed by atoms with Gasteiger partial charge in [0.05, 0.1) is 22.9 Å². The van der Waals surface area contributed by atoms with E-state index in [4.69, 9.17) is 23.2 Å². The molecule has 37 heavy (non-hydrogen) atoms. The highest BCUT2D eigenvalue weighted by Gasteiger charge is 2.56. The molecule has 1 heterocycles. The molecule has 6 nitrogen and oxygen atoms in total. The van der Waals surface area contributed by atoms with E-state index in [1.165, 1.54) is 36.4 Å². The number of carbonyl (C=O) groups excluding carboxylic acids is 2. The molecule has 0 spiro atoms. The van der Waals surface area contributed by atoms with Gasteiger partial charge in [-0.25, -0.2) is 13.2 Å². The lowest BCUT2D eigenvalue weighted by molar-refractivity contribution is -0.205. The second kappa shape index (κ2) is 9.98. The predicted octanol–water partition coefficient (Wildman–Crippen LogP) is 5.56. The fraction of sp³-hybridized carbons (Fsp3) is 0.231. The molecule has 3 aromatic carbocycles. The van der Waals surface area contributed by atoms with Gasteiger partial charge in [0, 0.05) is 34.8 Å². The molecule has 0 saturated heterocycles. The third-order valence-corrected chi connectivity index (χ3v) is 6.87. The molecule has 0 aliphatic carbocycles. The minimum atomic E-state index is -3.75. The topological polar surface area (TPSA) is 89.9 Å². The lowest BCUT2D eigenvalue weighted by atomic mass is 9.86. The fourth-order valence-electron chi connectivity index (χ4n) is 4.22. The number of rotatable bonds is 4. The number of hydrogen-bond donors (Lipinski definition) is 3. The summed E-state index contributed by atoms with van der Waals surface area (Å²) in [5, 5.41) is 23.1. The lowest BCUT2D eigenvalue weighted by Crippen LogP contribution is -2.48. The summed E-state index contributed by atoms with van der Waals surface area (Å²) in [4.78, 5) is 27.2. The number of fused-ring (bicyclic) bond motifs is 1. The van der Waals surface area contributed by atoms with Crippen LogP contribution in [0.5, 0.6) is 0 Å². The van der Waals surface area contributed by atoms with Crippen molar-refractivity contribution in [2.45, 2.75) is 24.9 Å². The van der Waals surface area contributed by atoms with Crippen LogP contribution in [-0.4, -0.2) is 41.1 Å². The first-order valence-electron chi connectivity index (χ1n) is 11.1. The molecule has 1 aliphatic heterocycles. The van der Waals surface area contributed by atoms with Gasteiger partial charge >= 0.3 is 0 Å². The van der Waals surface area contributed by atoms with E-state index in [0.29, 0.717) is 11.3 Å². The van der Waals surface area contributed by atoms with Gasteiger partial charge in [-0.1, -0.05) is 23.2 Å². The number of aliphatic hydroxyl groups excluding tert-OH is 1. The van der Waals surface area contributed by atoms with Crippen LogP contribution in [0.15, 0.2) is 54.6 Å². The maximum atomic E-state index is 14.9. The Morgan fingerprint density at radius 3 is 2.46 bits per heavy atom. The lowest BCUT2D eigenvalue weighted by Gasteiger charge is -2.33. The number of alkyl halides is 2. The first kappa shape index (κ1) is 26.9. The Labute approximate surface area is 220 Å². The molecular weight excluding hydrogens is 532 g/mol. The summed E-state index contributed by atoms with van der Waals surface area (Å²) in [6, 6.07) is 11.6. The Kier molecular flexibility index (Phi) is 7.27. The highest BCUT2D eigenvalue weighted by Crippen LogP contribution is 2.47. The third-order valence-electron chi connectivity index (χ3n) is 6.32. The largest absolute Gasteiger partial charge is 0.393 e. The molecule has 3 aromatic rings. The minimum Gasteiger partial charge on any atom is -0.393 e. The summed E-state index contributed by atoms with van der Waals surface area (Å²) >= 11 is 11.9. The number of aliphatic hydroxyl groups is 2. The van der Waals surface area contributed by atoms with Gasteiger partial charge in [0.2, 0.25) is 0 Å². The van der Waals surface area contributed by atoms with Gasteiger partial charge < -0.3 is 20.4 Å². The Hall–Kier alpha value is -3.11. The van der Waals surface area contributed by atoms with E-state index in [0.717, 1.165) is 23.1 Å². The summed E-state index contributed by atoms with van der Waals surface area (Å²) in [5.74, 6) is -5.56. The Morgan fingerprint density at radius 1 is 1.08 bits per heavy atom. The van der Waals surface area contributed by atoms with Crippen LogP contribution in [0.3, 0.4) is 0 Å². The quantitative estimate of drug-likeness (QED) is 0.395. The van der Waals surface area contributed by atoms with Crippen LogP contribution in [0.4, 0.5) is 24.5 Å². The number of nitrogens with zero attached hydrogens (tertiary/aromatic N) is 1. The smallest absolute Gasteiger partial charge is 0.284 e. The second-order valence-corrected chi connectivity index (χ2v) is 9.54. The summed E-state index contributed by atoms with van der Waals surface area (Å²) in [6.07, 6.45) is -0.909. The van der Waals surface area contributed by atoms with Gasteiger partial charge in [0.25, 0.3) is 17.7 Å². The molecule has 194 valence electrons. The molecule has 1 atom stereocenters. The van der Waals surface area contributed by atoms with Gasteiger partial charge in [-0.15, -0.1) is 0 Å². The average Bonchev–Trinajstić information content (AvgIpc) is 2.92. The monoisotopic (exact) mass is 552 g/mol. The molecule has 0 radical (unpaired) electrons. The van der Waals surface area contributed by atoms with Crippen molar-refractivity contribution in [2.24, 2.45) is 0 Å². The van der Waals surface area contributed by atoms with E-state index in [9.17, 15) is 33.0 Å². The fourth-order valence-corrected chi connectivity index (χ4v) is 4.64. The number of hydrogen-bond acceptors (Lipinski definition) is 4. The first-order valence-corrected chi connectivity index (χ1v) is 11.8. The molecule has 0 saturated carbocycles. The van der Waals surface area contributed by atoms with E-state index in [2.05, 4.69) is 5.32 Å². The van der Waals surface area contributed by atoms with Gasteiger partial charge in [0.1, 0.15) is 5.82 Å². The molecule has 3 N–H and O–H groups in total.